The molecule has 7 heteroatoms. The summed E-state index contributed by atoms with van der Waals surface area (Å²) in [5.41, 5.74) is 5.64. The first-order valence-corrected chi connectivity index (χ1v) is 7.12. The van der Waals surface area contributed by atoms with Crippen LogP contribution in [0.15, 0.2) is 41.3 Å². The first kappa shape index (κ1) is 14.3. The van der Waals surface area contributed by atoms with Crippen LogP contribution in [0.5, 0.6) is 0 Å². The van der Waals surface area contributed by atoms with Crippen LogP contribution in [-0.2, 0) is 10.0 Å². The van der Waals surface area contributed by atoms with Gasteiger partial charge in [-0.2, -0.15) is 0 Å². The highest BCUT2D eigenvalue weighted by Gasteiger charge is 2.21. The van der Waals surface area contributed by atoms with Crippen molar-refractivity contribution in [3.05, 3.63) is 53.6 Å². The van der Waals surface area contributed by atoms with Gasteiger partial charge in [0.1, 0.15) is 16.5 Å². The van der Waals surface area contributed by atoms with Gasteiger partial charge in [0.15, 0.2) is 0 Å². The summed E-state index contributed by atoms with van der Waals surface area (Å²) in [6, 6.07) is 7.29. The molecule has 0 aromatic heterocycles. The van der Waals surface area contributed by atoms with E-state index in [4.69, 9.17) is 5.73 Å². The summed E-state index contributed by atoms with van der Waals surface area (Å²) in [6.07, 6.45) is 0. The zero-order valence-corrected chi connectivity index (χ0v) is 11.3. The molecule has 20 heavy (non-hydrogen) atoms. The van der Waals surface area contributed by atoms with Crippen molar-refractivity contribution in [2.45, 2.75) is 11.8 Å². The molecule has 0 saturated heterocycles. The molecule has 0 spiro atoms. The molecule has 0 unspecified atom stereocenters. The van der Waals surface area contributed by atoms with E-state index in [0.29, 0.717) is 5.56 Å². The SMILES string of the molecule is Cc1cccc(F)c1NS(=O)(=O)c1ccc(N)cc1F. The van der Waals surface area contributed by atoms with Gasteiger partial charge in [-0.15, -0.1) is 0 Å². The highest BCUT2D eigenvalue weighted by Crippen LogP contribution is 2.24. The minimum absolute atomic E-state index is 0.100. The molecule has 4 nitrogen and oxygen atoms in total. The fraction of sp³-hybridized carbons (Fsp3) is 0.0769. The molecule has 2 rings (SSSR count). The second kappa shape index (κ2) is 5.09. The van der Waals surface area contributed by atoms with E-state index < -0.39 is 26.6 Å². The first-order chi connectivity index (χ1) is 9.31. The molecule has 3 N–H and O–H groups in total. The number of hydrogen-bond donors (Lipinski definition) is 2. The lowest BCUT2D eigenvalue weighted by Crippen LogP contribution is -2.16. The van der Waals surface area contributed by atoms with Gasteiger partial charge in [-0.25, -0.2) is 17.2 Å². The Hall–Kier alpha value is -2.15. The first-order valence-electron chi connectivity index (χ1n) is 5.64. The van der Waals surface area contributed by atoms with Gasteiger partial charge in [0.2, 0.25) is 0 Å². The summed E-state index contributed by atoms with van der Waals surface area (Å²) < 4.78 is 53.5. The zero-order valence-electron chi connectivity index (χ0n) is 10.5. The van der Waals surface area contributed by atoms with Crippen LogP contribution in [0.25, 0.3) is 0 Å². The van der Waals surface area contributed by atoms with Crippen molar-refractivity contribution in [3.63, 3.8) is 0 Å². The van der Waals surface area contributed by atoms with Crippen LogP contribution in [0.1, 0.15) is 5.56 Å². The van der Waals surface area contributed by atoms with Gasteiger partial charge in [-0.1, -0.05) is 12.1 Å². The monoisotopic (exact) mass is 298 g/mol. The van der Waals surface area contributed by atoms with Crippen molar-refractivity contribution in [3.8, 4) is 0 Å². The quantitative estimate of drug-likeness (QED) is 0.856. The number of rotatable bonds is 3. The topological polar surface area (TPSA) is 72.2 Å². The molecule has 0 amide bonds. The summed E-state index contributed by atoms with van der Waals surface area (Å²) >= 11 is 0. The number of hydrogen-bond acceptors (Lipinski definition) is 3. The number of nitrogens with one attached hydrogen (secondary N) is 1. The van der Waals surface area contributed by atoms with Gasteiger partial charge in [-0.05, 0) is 36.8 Å². The number of sulfonamides is 1. The van der Waals surface area contributed by atoms with Crippen molar-refractivity contribution in [1.82, 2.24) is 0 Å². The van der Waals surface area contributed by atoms with E-state index in [1.54, 1.807) is 13.0 Å². The maximum Gasteiger partial charge on any atom is 0.264 e. The van der Waals surface area contributed by atoms with Crippen LogP contribution in [0.3, 0.4) is 0 Å². The molecule has 0 aliphatic heterocycles. The molecule has 0 bridgehead atoms. The zero-order chi connectivity index (χ0) is 14.9. The molecular formula is C13H12F2N2O2S. The Bertz CT molecular complexity index is 741. The standard InChI is InChI=1S/C13H12F2N2O2S/c1-8-3-2-4-10(14)13(8)17-20(18,19)12-6-5-9(16)7-11(12)15/h2-7,17H,16H2,1H3. The van der Waals surface area contributed by atoms with Crippen LogP contribution in [0.4, 0.5) is 20.2 Å². The Morgan fingerprint density at radius 1 is 1.10 bits per heavy atom. The molecule has 106 valence electrons. The minimum atomic E-state index is -4.23. The number of aryl methyl sites for hydroxylation is 1. The average molecular weight is 298 g/mol. The van der Waals surface area contributed by atoms with Gasteiger partial charge >= 0.3 is 0 Å². The summed E-state index contributed by atoms with van der Waals surface area (Å²) in [7, 11) is -4.23. The van der Waals surface area contributed by atoms with Gasteiger partial charge < -0.3 is 5.73 Å². The smallest absolute Gasteiger partial charge is 0.264 e. The maximum absolute atomic E-state index is 13.7. The molecule has 0 heterocycles. The van der Waals surface area contributed by atoms with E-state index in [2.05, 4.69) is 0 Å². The molecule has 0 fully saturated rings. The molecule has 2 aromatic rings. The van der Waals surface area contributed by atoms with Crippen molar-refractivity contribution in [1.29, 1.82) is 0 Å². The molecule has 0 radical (unpaired) electrons. The van der Waals surface area contributed by atoms with Gasteiger partial charge in [0.05, 0.1) is 5.69 Å². The van der Waals surface area contributed by atoms with Crippen molar-refractivity contribution < 1.29 is 17.2 Å². The fourth-order valence-corrected chi connectivity index (χ4v) is 2.89. The molecule has 2 aromatic carbocycles. The molecule has 0 atom stereocenters. The normalized spacial score (nSPS) is 11.3. The molecular weight excluding hydrogens is 286 g/mol. The predicted molar refractivity (Wildman–Crippen MR) is 72.8 cm³/mol. The van der Waals surface area contributed by atoms with Gasteiger partial charge in [-0.3, -0.25) is 4.72 Å². The second-order valence-corrected chi connectivity index (χ2v) is 5.88. The third-order valence-corrected chi connectivity index (χ3v) is 4.09. The number of nitrogen functional groups attached to an aromatic ring is 1. The van der Waals surface area contributed by atoms with Crippen molar-refractivity contribution >= 4 is 21.4 Å². The second-order valence-electron chi connectivity index (χ2n) is 4.23. The summed E-state index contributed by atoms with van der Waals surface area (Å²) in [4.78, 5) is -0.589. The molecule has 0 aliphatic carbocycles. The highest BCUT2D eigenvalue weighted by atomic mass is 32.2. The average Bonchev–Trinajstić information content (AvgIpc) is 2.33. The molecule has 0 saturated carbocycles. The van der Waals surface area contributed by atoms with Crippen LogP contribution in [-0.4, -0.2) is 8.42 Å². The van der Waals surface area contributed by atoms with Crippen LogP contribution in [0, 0.1) is 18.6 Å². The third kappa shape index (κ3) is 2.72. The van der Waals surface area contributed by atoms with Crippen LogP contribution < -0.4 is 10.5 Å². The lowest BCUT2D eigenvalue weighted by atomic mass is 10.2. The van der Waals surface area contributed by atoms with E-state index in [1.807, 2.05) is 4.72 Å². The summed E-state index contributed by atoms with van der Waals surface area (Å²) in [6.45, 7) is 1.54. The largest absolute Gasteiger partial charge is 0.399 e. The number of para-hydroxylation sites is 1. The van der Waals surface area contributed by atoms with Gasteiger partial charge in [0, 0.05) is 5.69 Å². The van der Waals surface area contributed by atoms with E-state index in [9.17, 15) is 17.2 Å². The Labute approximate surface area is 115 Å². The fourth-order valence-electron chi connectivity index (χ4n) is 1.69. The lowest BCUT2D eigenvalue weighted by molar-refractivity contribution is 0.570. The third-order valence-electron chi connectivity index (χ3n) is 2.70. The Balaban J connectivity index is 2.46. The maximum atomic E-state index is 13.7. The Morgan fingerprint density at radius 2 is 1.80 bits per heavy atom. The van der Waals surface area contributed by atoms with E-state index >= 15 is 0 Å². The van der Waals surface area contributed by atoms with Crippen molar-refractivity contribution in [2.24, 2.45) is 0 Å². The number of benzene rings is 2. The number of nitrogens with two attached hydrogens (primary N) is 1. The van der Waals surface area contributed by atoms with Crippen molar-refractivity contribution in [2.75, 3.05) is 10.5 Å². The summed E-state index contributed by atoms with van der Waals surface area (Å²) in [5, 5.41) is 0. The van der Waals surface area contributed by atoms with Crippen LogP contribution >= 0.6 is 0 Å². The highest BCUT2D eigenvalue weighted by molar-refractivity contribution is 7.92. The van der Waals surface area contributed by atoms with E-state index in [-0.39, 0.29) is 11.4 Å². The van der Waals surface area contributed by atoms with E-state index in [1.165, 1.54) is 12.1 Å². The minimum Gasteiger partial charge on any atom is -0.399 e. The Morgan fingerprint density at radius 3 is 2.40 bits per heavy atom. The summed E-state index contributed by atoms with van der Waals surface area (Å²) in [5.74, 6) is -1.73. The lowest BCUT2D eigenvalue weighted by Gasteiger charge is -2.12. The Kier molecular flexibility index (Phi) is 3.63. The van der Waals surface area contributed by atoms with Crippen LogP contribution in [0.2, 0.25) is 0 Å². The number of halogens is 2. The molecule has 0 aliphatic rings. The predicted octanol–water partition coefficient (Wildman–Crippen LogP) is 2.66. The number of anilines is 2. The van der Waals surface area contributed by atoms with Gasteiger partial charge in [0.25, 0.3) is 10.0 Å². The van der Waals surface area contributed by atoms with E-state index in [0.717, 1.165) is 18.2 Å².